The molecule has 4 nitrogen and oxygen atoms in total. The maximum atomic E-state index is 12.3. The summed E-state index contributed by atoms with van der Waals surface area (Å²) in [6.45, 7) is 2.01. The van der Waals surface area contributed by atoms with Gasteiger partial charge in [0, 0.05) is 18.5 Å². The summed E-state index contributed by atoms with van der Waals surface area (Å²) >= 11 is 0. The summed E-state index contributed by atoms with van der Waals surface area (Å²) in [7, 11) is 1.63. The monoisotopic (exact) mass is 288 g/mol. The van der Waals surface area contributed by atoms with Crippen molar-refractivity contribution in [3.05, 3.63) is 23.8 Å². The standard InChI is InChI=1S/C17H24N2O2/c1-11-3-6-16(21-2)15(7-11)19-17(20)10-12-8-13-4-5-14(9-12)18-13/h3,6-7,12-14,18H,4-5,8-10H2,1-2H3,(H,19,20). The quantitative estimate of drug-likeness (QED) is 0.895. The van der Waals surface area contributed by atoms with Gasteiger partial charge in [-0.05, 0) is 56.2 Å². The fourth-order valence-electron chi connectivity index (χ4n) is 3.72. The summed E-state index contributed by atoms with van der Waals surface area (Å²) in [5.74, 6) is 1.34. The molecular formula is C17H24N2O2. The van der Waals surface area contributed by atoms with Crippen LogP contribution in [0.1, 0.15) is 37.7 Å². The Morgan fingerprint density at radius 1 is 1.33 bits per heavy atom. The molecule has 2 N–H and O–H groups in total. The number of piperidine rings is 1. The highest BCUT2D eigenvalue weighted by molar-refractivity contribution is 5.92. The first-order chi connectivity index (χ1) is 10.1. The zero-order chi connectivity index (χ0) is 14.8. The largest absolute Gasteiger partial charge is 0.495 e. The van der Waals surface area contributed by atoms with Crippen LogP contribution in [0.3, 0.4) is 0 Å². The Morgan fingerprint density at radius 3 is 2.71 bits per heavy atom. The first kappa shape index (κ1) is 14.4. The number of benzene rings is 1. The Morgan fingerprint density at radius 2 is 2.05 bits per heavy atom. The Hall–Kier alpha value is -1.55. The Labute approximate surface area is 126 Å². The second kappa shape index (κ2) is 6.06. The molecule has 1 aromatic rings. The number of hydrogen-bond donors (Lipinski definition) is 2. The van der Waals surface area contributed by atoms with E-state index in [0.29, 0.717) is 24.4 Å². The fraction of sp³-hybridized carbons (Fsp3) is 0.588. The number of nitrogens with one attached hydrogen (secondary N) is 2. The van der Waals surface area contributed by atoms with E-state index >= 15 is 0 Å². The molecule has 2 aliphatic heterocycles. The van der Waals surface area contributed by atoms with Crippen LogP contribution >= 0.6 is 0 Å². The summed E-state index contributed by atoms with van der Waals surface area (Å²) in [5.41, 5.74) is 1.89. The van der Waals surface area contributed by atoms with Gasteiger partial charge in [0.25, 0.3) is 0 Å². The Bertz CT molecular complexity index is 518. The molecule has 114 valence electrons. The molecule has 2 saturated heterocycles. The van der Waals surface area contributed by atoms with Crippen LogP contribution in [-0.2, 0) is 4.79 Å². The molecule has 2 bridgehead atoms. The SMILES string of the molecule is COc1ccc(C)cc1NC(=O)CC1CC2CCC(C1)N2. The van der Waals surface area contributed by atoms with E-state index in [1.807, 2.05) is 25.1 Å². The number of carbonyl (C=O) groups excluding carboxylic acids is 1. The van der Waals surface area contributed by atoms with Gasteiger partial charge in [-0.15, -0.1) is 0 Å². The molecule has 1 aromatic carbocycles. The Kier molecular flexibility index (Phi) is 4.15. The highest BCUT2D eigenvalue weighted by Gasteiger charge is 2.34. The maximum Gasteiger partial charge on any atom is 0.224 e. The number of methoxy groups -OCH3 is 1. The predicted molar refractivity (Wildman–Crippen MR) is 83.6 cm³/mol. The molecule has 3 rings (SSSR count). The molecule has 2 heterocycles. The van der Waals surface area contributed by atoms with Crippen molar-refractivity contribution in [1.82, 2.24) is 5.32 Å². The van der Waals surface area contributed by atoms with E-state index in [2.05, 4.69) is 10.6 Å². The van der Waals surface area contributed by atoms with Gasteiger partial charge in [0.15, 0.2) is 0 Å². The molecule has 4 heteroatoms. The summed E-state index contributed by atoms with van der Waals surface area (Å²) in [6, 6.07) is 7.11. The summed E-state index contributed by atoms with van der Waals surface area (Å²) in [4.78, 5) is 12.3. The molecule has 0 spiro atoms. The first-order valence-electron chi connectivity index (χ1n) is 7.84. The molecule has 2 atom stereocenters. The number of rotatable bonds is 4. The zero-order valence-electron chi connectivity index (χ0n) is 12.8. The van der Waals surface area contributed by atoms with Crippen molar-refractivity contribution in [3.8, 4) is 5.75 Å². The molecular weight excluding hydrogens is 264 g/mol. The van der Waals surface area contributed by atoms with Gasteiger partial charge >= 0.3 is 0 Å². The number of hydrogen-bond acceptors (Lipinski definition) is 3. The average Bonchev–Trinajstić information content (AvgIpc) is 2.78. The van der Waals surface area contributed by atoms with Crippen molar-refractivity contribution in [2.75, 3.05) is 12.4 Å². The van der Waals surface area contributed by atoms with Gasteiger partial charge in [-0.3, -0.25) is 4.79 Å². The van der Waals surface area contributed by atoms with Crippen LogP contribution in [0, 0.1) is 12.8 Å². The van der Waals surface area contributed by atoms with Crippen molar-refractivity contribution in [2.45, 2.75) is 51.1 Å². The van der Waals surface area contributed by atoms with E-state index in [4.69, 9.17) is 4.74 Å². The third-order valence-electron chi connectivity index (χ3n) is 4.67. The van der Waals surface area contributed by atoms with Gasteiger partial charge in [0.2, 0.25) is 5.91 Å². The van der Waals surface area contributed by atoms with E-state index in [-0.39, 0.29) is 5.91 Å². The van der Waals surface area contributed by atoms with Crippen molar-refractivity contribution < 1.29 is 9.53 Å². The molecule has 0 aromatic heterocycles. The van der Waals surface area contributed by atoms with Crippen LogP contribution in [0.5, 0.6) is 5.75 Å². The van der Waals surface area contributed by atoms with Crippen molar-refractivity contribution in [1.29, 1.82) is 0 Å². The highest BCUT2D eigenvalue weighted by Crippen LogP contribution is 2.33. The second-order valence-electron chi connectivity index (χ2n) is 6.43. The van der Waals surface area contributed by atoms with Crippen LogP contribution in [0.25, 0.3) is 0 Å². The predicted octanol–water partition coefficient (Wildman–Crippen LogP) is 2.86. The molecule has 1 amide bonds. The maximum absolute atomic E-state index is 12.3. The minimum Gasteiger partial charge on any atom is -0.495 e. The molecule has 0 radical (unpaired) electrons. The first-order valence-corrected chi connectivity index (χ1v) is 7.84. The fourth-order valence-corrected chi connectivity index (χ4v) is 3.72. The van der Waals surface area contributed by atoms with Gasteiger partial charge in [0.05, 0.1) is 12.8 Å². The van der Waals surface area contributed by atoms with E-state index < -0.39 is 0 Å². The van der Waals surface area contributed by atoms with E-state index in [1.165, 1.54) is 12.8 Å². The minimum absolute atomic E-state index is 0.102. The van der Waals surface area contributed by atoms with Crippen LogP contribution in [0.4, 0.5) is 5.69 Å². The van der Waals surface area contributed by atoms with Crippen molar-refractivity contribution in [3.63, 3.8) is 0 Å². The lowest BCUT2D eigenvalue weighted by Gasteiger charge is -2.28. The van der Waals surface area contributed by atoms with Crippen LogP contribution in [0.15, 0.2) is 18.2 Å². The third kappa shape index (κ3) is 3.38. The molecule has 2 unspecified atom stereocenters. The van der Waals surface area contributed by atoms with Gasteiger partial charge in [-0.1, -0.05) is 6.07 Å². The van der Waals surface area contributed by atoms with Crippen LogP contribution < -0.4 is 15.4 Å². The van der Waals surface area contributed by atoms with Gasteiger partial charge in [0.1, 0.15) is 5.75 Å². The normalized spacial score (nSPS) is 27.4. The van der Waals surface area contributed by atoms with Gasteiger partial charge in [-0.2, -0.15) is 0 Å². The molecule has 0 saturated carbocycles. The van der Waals surface area contributed by atoms with Crippen molar-refractivity contribution in [2.24, 2.45) is 5.92 Å². The van der Waals surface area contributed by atoms with Gasteiger partial charge < -0.3 is 15.4 Å². The highest BCUT2D eigenvalue weighted by atomic mass is 16.5. The smallest absolute Gasteiger partial charge is 0.224 e. The lowest BCUT2D eigenvalue weighted by molar-refractivity contribution is -0.117. The van der Waals surface area contributed by atoms with Crippen molar-refractivity contribution >= 4 is 11.6 Å². The van der Waals surface area contributed by atoms with Crippen LogP contribution in [-0.4, -0.2) is 25.1 Å². The second-order valence-corrected chi connectivity index (χ2v) is 6.43. The molecule has 2 aliphatic rings. The Balaban J connectivity index is 1.60. The summed E-state index contributed by atoms with van der Waals surface area (Å²) in [5, 5.41) is 6.63. The van der Waals surface area contributed by atoms with Crippen LogP contribution in [0.2, 0.25) is 0 Å². The van der Waals surface area contributed by atoms with E-state index in [1.54, 1.807) is 7.11 Å². The third-order valence-corrected chi connectivity index (χ3v) is 4.67. The lowest BCUT2D eigenvalue weighted by atomic mass is 9.89. The topological polar surface area (TPSA) is 50.4 Å². The number of anilines is 1. The lowest BCUT2D eigenvalue weighted by Crippen LogP contribution is -2.39. The number of amides is 1. The summed E-state index contributed by atoms with van der Waals surface area (Å²) < 4.78 is 5.31. The molecule has 0 aliphatic carbocycles. The van der Waals surface area contributed by atoms with E-state index in [0.717, 1.165) is 29.8 Å². The average molecular weight is 288 g/mol. The van der Waals surface area contributed by atoms with Gasteiger partial charge in [-0.25, -0.2) is 0 Å². The number of carbonyl (C=O) groups is 1. The zero-order valence-corrected chi connectivity index (χ0v) is 12.8. The molecule has 2 fully saturated rings. The minimum atomic E-state index is 0.102. The number of ether oxygens (including phenoxy) is 1. The molecule has 21 heavy (non-hydrogen) atoms. The summed E-state index contributed by atoms with van der Waals surface area (Å²) in [6.07, 6.45) is 5.43. The van der Waals surface area contributed by atoms with E-state index in [9.17, 15) is 4.79 Å². The number of fused-ring (bicyclic) bond motifs is 2. The number of aryl methyl sites for hydroxylation is 1.